The van der Waals surface area contributed by atoms with Gasteiger partial charge in [0, 0.05) is 30.1 Å². The number of aryl methyl sites for hydroxylation is 2. The van der Waals surface area contributed by atoms with E-state index in [-0.39, 0.29) is 5.56 Å². The molecule has 192 valence electrons. The first-order valence-corrected chi connectivity index (χ1v) is 14.4. The molecule has 0 N–H and O–H groups in total. The van der Waals surface area contributed by atoms with Gasteiger partial charge in [-0.2, -0.15) is 4.98 Å². The Morgan fingerprint density at radius 3 is 2.27 bits per heavy atom. The maximum Gasteiger partial charge on any atom is 0.277 e. The van der Waals surface area contributed by atoms with Gasteiger partial charge in [-0.25, -0.2) is 0 Å². The van der Waals surface area contributed by atoms with Crippen molar-refractivity contribution in [2.75, 3.05) is 5.75 Å². The maximum atomic E-state index is 12.9. The van der Waals surface area contributed by atoms with E-state index in [4.69, 9.17) is 0 Å². The van der Waals surface area contributed by atoms with Crippen LogP contribution in [-0.4, -0.2) is 20.3 Å². The number of aromatic nitrogens is 3. The number of thioether (sulfide) groups is 1. The average molecular weight is 512 g/mol. The molecule has 2 aromatic heterocycles. The average Bonchev–Trinajstić information content (AvgIpc) is 2.92. The highest BCUT2D eigenvalue weighted by Gasteiger charge is 2.11. The fraction of sp³-hybridized carbons (Fsp3) is 0.344. The summed E-state index contributed by atoms with van der Waals surface area (Å²) >= 11 is 1.69. The van der Waals surface area contributed by atoms with Gasteiger partial charge >= 0.3 is 0 Å². The number of rotatable bonds is 14. The third-order valence-electron chi connectivity index (χ3n) is 6.54. The Balaban J connectivity index is 1.26. The number of unbranched alkanes of at least 4 members (excludes halogenated alkanes) is 5. The highest BCUT2D eigenvalue weighted by molar-refractivity contribution is 7.99. The molecule has 0 radical (unpaired) electrons. The zero-order chi connectivity index (χ0) is 25.7. The van der Waals surface area contributed by atoms with Gasteiger partial charge in [0.2, 0.25) is 0 Å². The Kier molecular flexibility index (Phi) is 10.6. The lowest BCUT2D eigenvalue weighted by molar-refractivity contribution is 0.608. The van der Waals surface area contributed by atoms with E-state index in [1.54, 1.807) is 11.8 Å². The molecule has 0 aliphatic heterocycles. The summed E-state index contributed by atoms with van der Waals surface area (Å²) in [6.07, 6.45) is 13.0. The van der Waals surface area contributed by atoms with Crippen LogP contribution in [0.15, 0.2) is 95.1 Å². The van der Waals surface area contributed by atoms with Crippen molar-refractivity contribution in [1.29, 1.82) is 0 Å². The van der Waals surface area contributed by atoms with E-state index in [9.17, 15) is 4.79 Å². The first-order valence-electron chi connectivity index (χ1n) is 13.4. The van der Waals surface area contributed by atoms with E-state index in [1.165, 1.54) is 49.7 Å². The van der Waals surface area contributed by atoms with Gasteiger partial charge in [-0.05, 0) is 49.4 Å². The van der Waals surface area contributed by atoms with Gasteiger partial charge in [0.05, 0.1) is 12.2 Å². The molecule has 0 saturated carbocycles. The van der Waals surface area contributed by atoms with Crippen molar-refractivity contribution < 1.29 is 0 Å². The zero-order valence-corrected chi connectivity index (χ0v) is 22.6. The van der Waals surface area contributed by atoms with Gasteiger partial charge in [0.25, 0.3) is 5.56 Å². The Labute approximate surface area is 225 Å². The Morgan fingerprint density at radius 1 is 0.784 bits per heavy atom. The van der Waals surface area contributed by atoms with Gasteiger partial charge in [-0.3, -0.25) is 9.78 Å². The van der Waals surface area contributed by atoms with Crippen LogP contribution in [0.25, 0.3) is 0 Å². The summed E-state index contributed by atoms with van der Waals surface area (Å²) in [6.45, 7) is 2.75. The van der Waals surface area contributed by atoms with Gasteiger partial charge < -0.3 is 4.57 Å². The van der Waals surface area contributed by atoms with Crippen LogP contribution in [0, 0.1) is 6.92 Å². The van der Waals surface area contributed by atoms with Crippen LogP contribution in [0.3, 0.4) is 0 Å². The zero-order valence-electron chi connectivity index (χ0n) is 21.8. The molecular weight excluding hydrogens is 474 g/mol. The van der Waals surface area contributed by atoms with Crippen LogP contribution < -0.4 is 5.56 Å². The van der Waals surface area contributed by atoms with Crippen LogP contribution in [0.5, 0.6) is 0 Å². The van der Waals surface area contributed by atoms with Crippen LogP contribution in [0.2, 0.25) is 0 Å². The molecule has 0 aliphatic carbocycles. The Hall–Kier alpha value is -3.18. The van der Waals surface area contributed by atoms with Crippen molar-refractivity contribution in [1.82, 2.24) is 14.5 Å². The van der Waals surface area contributed by atoms with Crippen LogP contribution >= 0.6 is 11.8 Å². The molecule has 0 aliphatic rings. The third-order valence-corrected chi connectivity index (χ3v) is 7.61. The number of hydrogen-bond acceptors (Lipinski definition) is 4. The molecule has 4 nitrogen and oxygen atoms in total. The van der Waals surface area contributed by atoms with Gasteiger partial charge in [-0.15, -0.1) is 0 Å². The highest BCUT2D eigenvalue weighted by Crippen LogP contribution is 2.20. The highest BCUT2D eigenvalue weighted by atomic mass is 32.2. The summed E-state index contributed by atoms with van der Waals surface area (Å²) in [5.41, 5.74) is 5.44. The second-order valence-electron chi connectivity index (χ2n) is 9.67. The quantitative estimate of drug-likeness (QED) is 0.102. The SMILES string of the molecule is Cc1ccc(CCCCCCCCSc2nc(=O)c(Cc3ccccc3)cn2Cc2ccccn2)cc1. The van der Waals surface area contributed by atoms with Crippen molar-refractivity contribution >= 4 is 11.8 Å². The lowest BCUT2D eigenvalue weighted by Crippen LogP contribution is -2.20. The molecule has 0 amide bonds. The standard InChI is InChI=1S/C32H37N3OS/c1-26-17-19-27(20-18-26)13-7-4-2-3-5-12-22-37-32-34-31(36)29(23-28-14-8-6-9-15-28)24-35(32)25-30-16-10-11-21-33-30/h6,8-11,14-21,24H,2-5,7,12-13,22-23,25H2,1H3. The van der Waals surface area contributed by atoms with E-state index in [1.807, 2.05) is 60.9 Å². The lowest BCUT2D eigenvalue weighted by atomic mass is 10.0. The molecule has 0 unspecified atom stereocenters. The predicted octanol–water partition coefficient (Wildman–Crippen LogP) is 7.26. The lowest BCUT2D eigenvalue weighted by Gasteiger charge is -2.14. The minimum Gasteiger partial charge on any atom is -0.321 e. The van der Waals surface area contributed by atoms with Gasteiger partial charge in [-0.1, -0.05) is 104 Å². The molecular formula is C32H37N3OS. The Morgan fingerprint density at radius 2 is 1.51 bits per heavy atom. The number of hydrogen-bond donors (Lipinski definition) is 0. The van der Waals surface area contributed by atoms with Crippen molar-refractivity contribution in [2.45, 2.75) is 70.0 Å². The van der Waals surface area contributed by atoms with E-state index in [0.717, 1.165) is 34.2 Å². The van der Waals surface area contributed by atoms with Crippen molar-refractivity contribution in [3.8, 4) is 0 Å². The molecule has 4 rings (SSSR count). The number of benzene rings is 2. The summed E-state index contributed by atoms with van der Waals surface area (Å²) in [7, 11) is 0. The monoisotopic (exact) mass is 511 g/mol. The smallest absolute Gasteiger partial charge is 0.277 e. The van der Waals surface area contributed by atoms with E-state index < -0.39 is 0 Å². The van der Waals surface area contributed by atoms with Crippen molar-refractivity contribution in [3.63, 3.8) is 0 Å². The fourth-order valence-corrected chi connectivity index (χ4v) is 5.37. The molecule has 0 bridgehead atoms. The summed E-state index contributed by atoms with van der Waals surface area (Å²) < 4.78 is 2.09. The normalized spacial score (nSPS) is 11.1. The first kappa shape index (κ1) is 26.9. The van der Waals surface area contributed by atoms with E-state index in [0.29, 0.717) is 13.0 Å². The number of nitrogens with zero attached hydrogens (tertiary/aromatic N) is 3. The molecule has 0 saturated heterocycles. The van der Waals surface area contributed by atoms with Crippen LogP contribution in [0.4, 0.5) is 0 Å². The predicted molar refractivity (Wildman–Crippen MR) is 154 cm³/mol. The second-order valence-corrected chi connectivity index (χ2v) is 10.7. The van der Waals surface area contributed by atoms with Gasteiger partial charge in [0.1, 0.15) is 0 Å². The van der Waals surface area contributed by atoms with Crippen molar-refractivity contribution in [3.05, 3.63) is 123 Å². The molecule has 2 aromatic carbocycles. The largest absolute Gasteiger partial charge is 0.321 e. The minimum absolute atomic E-state index is 0.128. The van der Waals surface area contributed by atoms with E-state index in [2.05, 4.69) is 45.7 Å². The molecule has 0 atom stereocenters. The molecule has 4 aromatic rings. The van der Waals surface area contributed by atoms with Crippen LogP contribution in [-0.2, 0) is 19.4 Å². The summed E-state index contributed by atoms with van der Waals surface area (Å²) in [4.78, 5) is 21.8. The molecule has 0 fully saturated rings. The minimum atomic E-state index is -0.128. The molecule has 5 heteroatoms. The van der Waals surface area contributed by atoms with Gasteiger partial charge in [0.15, 0.2) is 5.16 Å². The molecule has 37 heavy (non-hydrogen) atoms. The molecule has 0 spiro atoms. The third kappa shape index (κ3) is 9.01. The van der Waals surface area contributed by atoms with E-state index >= 15 is 0 Å². The fourth-order valence-electron chi connectivity index (χ4n) is 4.41. The first-order chi connectivity index (χ1) is 18.2. The topological polar surface area (TPSA) is 47.8 Å². The van der Waals surface area contributed by atoms with Crippen LogP contribution in [0.1, 0.15) is 66.5 Å². The number of pyridine rings is 1. The summed E-state index contributed by atoms with van der Waals surface area (Å²) in [5.74, 6) is 0.968. The second kappa shape index (κ2) is 14.5. The van der Waals surface area contributed by atoms with Crippen molar-refractivity contribution in [2.24, 2.45) is 0 Å². The maximum absolute atomic E-state index is 12.9. The Bertz CT molecular complexity index is 1270. The molecule has 2 heterocycles. The summed E-state index contributed by atoms with van der Waals surface area (Å²) in [5, 5.41) is 0.783. The summed E-state index contributed by atoms with van der Waals surface area (Å²) in [6, 6.07) is 24.9.